The molecule has 0 aliphatic carbocycles. The third-order valence-corrected chi connectivity index (χ3v) is 4.21. The number of hydrogen-bond acceptors (Lipinski definition) is 5. The van der Waals surface area contributed by atoms with Gasteiger partial charge in [-0.15, -0.1) is 0 Å². The number of benzene rings is 1. The summed E-state index contributed by atoms with van der Waals surface area (Å²) in [6.45, 7) is 4.60. The highest BCUT2D eigenvalue weighted by Gasteiger charge is 2.48. The zero-order valence-corrected chi connectivity index (χ0v) is 13.2. The Morgan fingerprint density at radius 1 is 1.26 bits per heavy atom. The lowest BCUT2D eigenvalue weighted by Crippen LogP contribution is -2.62. The molecule has 7 heteroatoms. The van der Waals surface area contributed by atoms with E-state index in [0.717, 1.165) is 5.56 Å². The monoisotopic (exact) mass is 319 g/mol. The Balaban J connectivity index is 1.78. The summed E-state index contributed by atoms with van der Waals surface area (Å²) in [7, 11) is 0. The molecule has 3 rings (SSSR count). The molecular weight excluding hydrogens is 298 g/mol. The number of ether oxygens (including phenoxy) is 4. The minimum atomic E-state index is -0.435. The van der Waals surface area contributed by atoms with Gasteiger partial charge in [0.15, 0.2) is 6.29 Å². The predicted molar refractivity (Wildman–Crippen MR) is 82.6 cm³/mol. The van der Waals surface area contributed by atoms with Crippen LogP contribution < -0.4 is 0 Å². The van der Waals surface area contributed by atoms with Crippen molar-refractivity contribution in [1.29, 1.82) is 0 Å². The Bertz CT molecular complexity index is 564. The minimum absolute atomic E-state index is 0.216. The summed E-state index contributed by atoms with van der Waals surface area (Å²) in [6, 6.07) is 9.45. The quantitative estimate of drug-likeness (QED) is 0.485. The lowest BCUT2D eigenvalue weighted by atomic mass is 9.93. The zero-order chi connectivity index (χ0) is 16.2. The first-order valence-corrected chi connectivity index (χ1v) is 7.81. The third-order valence-electron chi connectivity index (χ3n) is 4.21. The molecular formula is C16H21N3O4. The van der Waals surface area contributed by atoms with Crippen molar-refractivity contribution in [2.75, 3.05) is 6.61 Å². The molecule has 2 heterocycles. The molecule has 0 spiro atoms. The van der Waals surface area contributed by atoms with E-state index in [4.69, 9.17) is 24.5 Å². The summed E-state index contributed by atoms with van der Waals surface area (Å²) < 4.78 is 23.3. The second kappa shape index (κ2) is 7.29. The van der Waals surface area contributed by atoms with Gasteiger partial charge in [-0.05, 0) is 24.9 Å². The van der Waals surface area contributed by atoms with Crippen LogP contribution in [0.2, 0.25) is 0 Å². The molecule has 2 aliphatic heterocycles. The summed E-state index contributed by atoms with van der Waals surface area (Å²) >= 11 is 0. The number of nitrogens with zero attached hydrogens (tertiary/aromatic N) is 3. The van der Waals surface area contributed by atoms with E-state index in [-0.39, 0.29) is 30.7 Å². The highest BCUT2D eigenvalue weighted by molar-refractivity contribution is 5.13. The van der Waals surface area contributed by atoms with E-state index in [2.05, 4.69) is 10.0 Å². The van der Waals surface area contributed by atoms with Crippen molar-refractivity contribution < 1.29 is 18.9 Å². The summed E-state index contributed by atoms with van der Waals surface area (Å²) in [5, 5.41) is 3.88. The normalized spacial score (nSPS) is 36.8. The summed E-state index contributed by atoms with van der Waals surface area (Å²) in [4.78, 5) is 2.95. The molecule has 2 saturated heterocycles. The first-order chi connectivity index (χ1) is 11.2. The van der Waals surface area contributed by atoms with Crippen molar-refractivity contribution in [3.8, 4) is 0 Å². The Hall–Kier alpha value is -1.63. The van der Waals surface area contributed by atoms with Gasteiger partial charge in [0, 0.05) is 4.91 Å². The number of hydrogen-bond donors (Lipinski definition) is 0. The maximum absolute atomic E-state index is 8.87. The van der Waals surface area contributed by atoms with Gasteiger partial charge in [0.05, 0.1) is 31.5 Å². The third kappa shape index (κ3) is 3.65. The fraction of sp³-hybridized carbons (Fsp3) is 0.625. The summed E-state index contributed by atoms with van der Waals surface area (Å²) in [5.74, 6) is 0. The molecule has 0 amide bonds. The van der Waals surface area contributed by atoms with Crippen LogP contribution in [0.15, 0.2) is 35.4 Å². The molecule has 0 N–H and O–H groups in total. The molecule has 0 bridgehead atoms. The maximum atomic E-state index is 8.87. The lowest BCUT2D eigenvalue weighted by Gasteiger charge is -2.47. The first kappa shape index (κ1) is 16.2. The van der Waals surface area contributed by atoms with Gasteiger partial charge in [-0.3, -0.25) is 0 Å². The minimum Gasteiger partial charge on any atom is -0.370 e. The van der Waals surface area contributed by atoms with Gasteiger partial charge in [0.25, 0.3) is 0 Å². The molecule has 23 heavy (non-hydrogen) atoms. The van der Waals surface area contributed by atoms with Crippen LogP contribution in [0.1, 0.15) is 19.4 Å². The first-order valence-electron chi connectivity index (χ1n) is 7.81. The average molecular weight is 319 g/mol. The van der Waals surface area contributed by atoms with Crippen LogP contribution in [0.4, 0.5) is 0 Å². The number of rotatable bonds is 4. The standard InChI is InChI=1S/C16H21N3O4/c1-10-14(18-19-17)16(21-8-12-6-4-3-5-7-12)15-13(22-10)9-20-11(2)23-15/h3-7,10-11,13-16H,8-9H2,1-2H3/t10?,11?,13?,14-,15?,16+/m0/s1. The summed E-state index contributed by atoms with van der Waals surface area (Å²) in [5.41, 5.74) is 9.93. The van der Waals surface area contributed by atoms with Crippen molar-refractivity contribution >= 4 is 0 Å². The van der Waals surface area contributed by atoms with Gasteiger partial charge in [-0.25, -0.2) is 0 Å². The van der Waals surface area contributed by atoms with Crippen LogP contribution in [0.25, 0.3) is 10.4 Å². The largest absolute Gasteiger partial charge is 0.370 e. The van der Waals surface area contributed by atoms with Crippen LogP contribution in [-0.2, 0) is 25.6 Å². The van der Waals surface area contributed by atoms with Crippen molar-refractivity contribution in [3.05, 3.63) is 46.3 Å². The van der Waals surface area contributed by atoms with Crippen LogP contribution >= 0.6 is 0 Å². The average Bonchev–Trinajstić information content (AvgIpc) is 2.56. The van der Waals surface area contributed by atoms with Crippen molar-refractivity contribution in [3.63, 3.8) is 0 Å². The Kier molecular flexibility index (Phi) is 5.15. The molecule has 1 aromatic carbocycles. The Labute approximate surface area is 135 Å². The van der Waals surface area contributed by atoms with E-state index < -0.39 is 6.04 Å². The number of azide groups is 1. The van der Waals surface area contributed by atoms with Gasteiger partial charge in [-0.1, -0.05) is 35.4 Å². The van der Waals surface area contributed by atoms with Crippen molar-refractivity contribution in [2.45, 2.75) is 57.2 Å². The fourth-order valence-electron chi connectivity index (χ4n) is 3.08. The zero-order valence-electron chi connectivity index (χ0n) is 13.2. The molecule has 2 fully saturated rings. The van der Waals surface area contributed by atoms with E-state index in [1.54, 1.807) is 0 Å². The molecule has 1 aromatic rings. The van der Waals surface area contributed by atoms with E-state index in [9.17, 15) is 0 Å². The van der Waals surface area contributed by atoms with Crippen molar-refractivity contribution in [2.24, 2.45) is 5.11 Å². The predicted octanol–water partition coefficient (Wildman–Crippen LogP) is 2.80. The summed E-state index contributed by atoms with van der Waals surface area (Å²) in [6.07, 6.45) is -1.48. The van der Waals surface area contributed by atoms with E-state index in [0.29, 0.717) is 13.2 Å². The van der Waals surface area contributed by atoms with Crippen LogP contribution in [0.5, 0.6) is 0 Å². The van der Waals surface area contributed by atoms with Crippen LogP contribution in [-0.4, -0.2) is 43.4 Å². The van der Waals surface area contributed by atoms with E-state index in [1.165, 1.54) is 0 Å². The van der Waals surface area contributed by atoms with Gasteiger partial charge < -0.3 is 18.9 Å². The molecule has 6 atom stereocenters. The smallest absolute Gasteiger partial charge is 0.155 e. The lowest BCUT2D eigenvalue weighted by molar-refractivity contribution is -0.309. The van der Waals surface area contributed by atoms with Crippen molar-refractivity contribution in [1.82, 2.24) is 0 Å². The SMILES string of the molecule is CC1OCC2OC(C)[C@H](N=[N+]=[N-])[C@@H](OCc3ccccc3)C2O1. The van der Waals surface area contributed by atoms with Gasteiger partial charge >= 0.3 is 0 Å². The van der Waals surface area contributed by atoms with Crippen LogP contribution in [0, 0.1) is 0 Å². The second-order valence-electron chi connectivity index (χ2n) is 5.84. The molecule has 7 nitrogen and oxygen atoms in total. The number of fused-ring (bicyclic) bond motifs is 1. The molecule has 0 aromatic heterocycles. The maximum Gasteiger partial charge on any atom is 0.155 e. The highest BCUT2D eigenvalue weighted by atomic mass is 16.7. The molecule has 2 aliphatic rings. The molecule has 124 valence electrons. The topological polar surface area (TPSA) is 85.7 Å². The van der Waals surface area contributed by atoms with Crippen LogP contribution in [0.3, 0.4) is 0 Å². The molecule has 0 saturated carbocycles. The fourth-order valence-corrected chi connectivity index (χ4v) is 3.08. The Morgan fingerprint density at radius 3 is 2.78 bits per heavy atom. The highest BCUT2D eigenvalue weighted by Crippen LogP contribution is 2.32. The molecule has 0 radical (unpaired) electrons. The van der Waals surface area contributed by atoms with E-state index in [1.807, 2.05) is 44.2 Å². The Morgan fingerprint density at radius 2 is 2.04 bits per heavy atom. The van der Waals surface area contributed by atoms with Gasteiger partial charge in [0.2, 0.25) is 0 Å². The molecule has 4 unspecified atom stereocenters. The van der Waals surface area contributed by atoms with Gasteiger partial charge in [-0.2, -0.15) is 0 Å². The van der Waals surface area contributed by atoms with Gasteiger partial charge in [0.1, 0.15) is 12.2 Å². The van der Waals surface area contributed by atoms with E-state index >= 15 is 0 Å². The second-order valence-corrected chi connectivity index (χ2v) is 5.84.